The summed E-state index contributed by atoms with van der Waals surface area (Å²) in [5.74, 6) is 0.00290. The summed E-state index contributed by atoms with van der Waals surface area (Å²) in [6.07, 6.45) is 2.50. The van der Waals surface area contributed by atoms with Gasteiger partial charge in [0.15, 0.2) is 11.6 Å². The van der Waals surface area contributed by atoms with E-state index in [1.165, 1.54) is 22.7 Å². The number of hydrogen-bond acceptors (Lipinski definition) is 4. The Morgan fingerprint density at radius 1 is 1.27 bits per heavy atom. The lowest BCUT2D eigenvalue weighted by atomic mass is 9.91. The Bertz CT molecular complexity index is 769. The SMILES string of the molecule is CCCn1c(C)cc(C(=O)CN2C(=O)CS/C2=C\C(=O)C(C)(C)C)c1C. The monoisotopic (exact) mass is 376 g/mol. The molecule has 5 nitrogen and oxygen atoms in total. The molecule has 0 atom stereocenters. The standard InChI is InChI=1S/C20H28N2O3S/c1-7-8-21-13(2)9-15(14(21)3)16(23)11-22-18(25)12-26-19(22)10-17(24)20(4,5)6/h9-10H,7-8,11-12H2,1-6H3/b19-10-. The lowest BCUT2D eigenvalue weighted by Gasteiger charge is -2.19. The van der Waals surface area contributed by atoms with Gasteiger partial charge in [-0.05, 0) is 26.3 Å². The van der Waals surface area contributed by atoms with Gasteiger partial charge >= 0.3 is 0 Å². The topological polar surface area (TPSA) is 59.4 Å². The van der Waals surface area contributed by atoms with Crippen LogP contribution in [0.5, 0.6) is 0 Å². The predicted octanol–water partition coefficient (Wildman–Crippen LogP) is 3.73. The highest BCUT2D eigenvalue weighted by atomic mass is 32.2. The highest BCUT2D eigenvalue weighted by molar-refractivity contribution is 8.04. The molecule has 0 unspecified atom stereocenters. The third kappa shape index (κ3) is 4.29. The number of aryl methyl sites for hydroxylation is 1. The second-order valence-electron chi connectivity index (χ2n) is 7.73. The van der Waals surface area contributed by atoms with E-state index < -0.39 is 5.41 Å². The second-order valence-corrected chi connectivity index (χ2v) is 8.72. The van der Waals surface area contributed by atoms with E-state index >= 15 is 0 Å². The van der Waals surface area contributed by atoms with Crippen LogP contribution < -0.4 is 0 Å². The summed E-state index contributed by atoms with van der Waals surface area (Å²) in [4.78, 5) is 38.8. The maximum atomic E-state index is 12.8. The van der Waals surface area contributed by atoms with E-state index in [1.54, 1.807) is 0 Å². The molecule has 1 aromatic rings. The maximum absolute atomic E-state index is 12.8. The van der Waals surface area contributed by atoms with Crippen LogP contribution in [0.4, 0.5) is 0 Å². The fraction of sp³-hybridized carbons (Fsp3) is 0.550. The molecule has 0 aromatic carbocycles. The first-order valence-electron chi connectivity index (χ1n) is 8.95. The molecule has 0 aliphatic carbocycles. The van der Waals surface area contributed by atoms with E-state index in [0.29, 0.717) is 10.6 Å². The van der Waals surface area contributed by atoms with Gasteiger partial charge < -0.3 is 4.57 Å². The number of aromatic nitrogens is 1. The number of allylic oxidation sites excluding steroid dienone is 1. The van der Waals surface area contributed by atoms with Gasteiger partial charge in [-0.25, -0.2) is 0 Å². The Hall–Kier alpha value is -1.82. The highest BCUT2D eigenvalue weighted by Crippen LogP contribution is 2.31. The van der Waals surface area contributed by atoms with Gasteiger partial charge in [-0.2, -0.15) is 0 Å². The van der Waals surface area contributed by atoms with Crippen molar-refractivity contribution in [3.63, 3.8) is 0 Å². The van der Waals surface area contributed by atoms with Crippen molar-refractivity contribution in [3.05, 3.63) is 34.1 Å². The van der Waals surface area contributed by atoms with Gasteiger partial charge in [0.25, 0.3) is 0 Å². The second kappa shape index (κ2) is 7.82. The molecule has 1 saturated heterocycles. The molecule has 1 aliphatic rings. The largest absolute Gasteiger partial charge is 0.348 e. The predicted molar refractivity (Wildman–Crippen MR) is 105 cm³/mol. The molecular formula is C20H28N2O3S. The van der Waals surface area contributed by atoms with E-state index in [1.807, 2.05) is 40.7 Å². The van der Waals surface area contributed by atoms with E-state index in [9.17, 15) is 14.4 Å². The molecule has 1 fully saturated rings. The molecule has 1 aromatic heterocycles. The fourth-order valence-corrected chi connectivity index (χ4v) is 3.85. The molecule has 0 bridgehead atoms. The van der Waals surface area contributed by atoms with Crippen molar-refractivity contribution < 1.29 is 14.4 Å². The smallest absolute Gasteiger partial charge is 0.238 e. The van der Waals surface area contributed by atoms with Crippen molar-refractivity contribution in [2.45, 2.75) is 54.5 Å². The molecule has 26 heavy (non-hydrogen) atoms. The number of ketones is 2. The number of thioether (sulfide) groups is 1. The van der Waals surface area contributed by atoms with E-state index in [0.717, 1.165) is 24.4 Å². The van der Waals surface area contributed by atoms with Gasteiger partial charge in [0.1, 0.15) is 0 Å². The average molecular weight is 377 g/mol. The van der Waals surface area contributed by atoms with Crippen LogP contribution in [-0.4, -0.2) is 39.2 Å². The number of carbonyl (C=O) groups excluding carboxylic acids is 3. The molecular weight excluding hydrogens is 348 g/mol. The maximum Gasteiger partial charge on any atom is 0.238 e. The van der Waals surface area contributed by atoms with Gasteiger partial charge in [-0.1, -0.05) is 39.5 Å². The Kier molecular flexibility index (Phi) is 6.17. The summed E-state index contributed by atoms with van der Waals surface area (Å²) in [6.45, 7) is 12.4. The van der Waals surface area contributed by atoms with Crippen LogP contribution in [0.25, 0.3) is 0 Å². The van der Waals surface area contributed by atoms with Crippen LogP contribution >= 0.6 is 11.8 Å². The first kappa shape index (κ1) is 20.5. The van der Waals surface area contributed by atoms with Crippen molar-refractivity contribution in [2.75, 3.05) is 12.3 Å². The summed E-state index contributed by atoms with van der Waals surface area (Å²) in [5.41, 5.74) is 2.13. The van der Waals surface area contributed by atoms with Gasteiger partial charge in [0.05, 0.1) is 17.3 Å². The van der Waals surface area contributed by atoms with E-state index in [-0.39, 0.29) is 29.8 Å². The third-order valence-electron chi connectivity index (χ3n) is 4.53. The summed E-state index contributed by atoms with van der Waals surface area (Å²) in [6, 6.07) is 1.89. The van der Waals surface area contributed by atoms with Gasteiger partial charge in [0, 0.05) is 35.0 Å². The van der Waals surface area contributed by atoms with Gasteiger partial charge in [-0.15, -0.1) is 0 Å². The minimum Gasteiger partial charge on any atom is -0.348 e. The lowest BCUT2D eigenvalue weighted by Crippen LogP contribution is -2.31. The molecule has 0 saturated carbocycles. The molecule has 6 heteroatoms. The summed E-state index contributed by atoms with van der Waals surface area (Å²) >= 11 is 1.32. The molecule has 2 rings (SSSR count). The first-order valence-corrected chi connectivity index (χ1v) is 9.94. The van der Waals surface area contributed by atoms with Gasteiger partial charge in [0.2, 0.25) is 5.91 Å². The Morgan fingerprint density at radius 3 is 2.50 bits per heavy atom. The Labute approximate surface area is 159 Å². The molecule has 0 radical (unpaired) electrons. The molecule has 1 aliphatic heterocycles. The molecule has 142 valence electrons. The van der Waals surface area contributed by atoms with E-state index in [4.69, 9.17) is 0 Å². The number of rotatable bonds is 6. The first-order chi connectivity index (χ1) is 12.1. The summed E-state index contributed by atoms with van der Waals surface area (Å²) < 4.78 is 2.13. The zero-order valence-electron chi connectivity index (χ0n) is 16.5. The number of nitrogens with zero attached hydrogens (tertiary/aromatic N) is 2. The Balaban J connectivity index is 2.24. The van der Waals surface area contributed by atoms with Crippen molar-refractivity contribution >= 4 is 29.2 Å². The molecule has 1 amide bonds. The van der Waals surface area contributed by atoms with Crippen LogP contribution in [0.15, 0.2) is 17.2 Å². The van der Waals surface area contributed by atoms with Crippen molar-refractivity contribution in [1.82, 2.24) is 9.47 Å². The number of Topliss-reactive ketones (excluding diaryl/α,β-unsaturated/α-hetero) is 1. The molecule has 2 heterocycles. The molecule has 0 spiro atoms. The van der Waals surface area contributed by atoms with Crippen LogP contribution in [-0.2, 0) is 16.1 Å². The van der Waals surface area contributed by atoms with Crippen molar-refractivity contribution in [3.8, 4) is 0 Å². The lowest BCUT2D eigenvalue weighted by molar-refractivity contribution is -0.125. The average Bonchev–Trinajstić information content (AvgIpc) is 3.02. The van der Waals surface area contributed by atoms with Gasteiger partial charge in [-0.3, -0.25) is 19.3 Å². The Morgan fingerprint density at radius 2 is 1.92 bits per heavy atom. The third-order valence-corrected chi connectivity index (χ3v) is 5.55. The van der Waals surface area contributed by atoms with Crippen LogP contribution in [0.3, 0.4) is 0 Å². The van der Waals surface area contributed by atoms with Crippen molar-refractivity contribution in [2.24, 2.45) is 5.41 Å². The van der Waals surface area contributed by atoms with Crippen LogP contribution in [0.1, 0.15) is 55.9 Å². The van der Waals surface area contributed by atoms with Crippen LogP contribution in [0.2, 0.25) is 0 Å². The number of amides is 1. The minimum atomic E-state index is -0.514. The highest BCUT2D eigenvalue weighted by Gasteiger charge is 2.31. The zero-order valence-corrected chi connectivity index (χ0v) is 17.3. The molecule has 0 N–H and O–H groups in total. The van der Waals surface area contributed by atoms with Crippen LogP contribution in [0, 0.1) is 19.3 Å². The number of carbonyl (C=O) groups is 3. The number of hydrogen-bond donors (Lipinski definition) is 0. The zero-order chi connectivity index (χ0) is 19.6. The summed E-state index contributed by atoms with van der Waals surface area (Å²) in [7, 11) is 0. The summed E-state index contributed by atoms with van der Waals surface area (Å²) in [5, 5.41) is 0.575. The fourth-order valence-electron chi connectivity index (χ4n) is 2.91. The van der Waals surface area contributed by atoms with E-state index in [2.05, 4.69) is 11.5 Å². The quantitative estimate of drug-likeness (QED) is 0.561. The minimum absolute atomic E-state index is 0.0223. The van der Waals surface area contributed by atoms with Crippen molar-refractivity contribution in [1.29, 1.82) is 0 Å². The normalized spacial score (nSPS) is 16.6.